The van der Waals surface area contributed by atoms with Gasteiger partial charge in [0.25, 0.3) is 0 Å². The van der Waals surface area contributed by atoms with Crippen molar-refractivity contribution in [3.05, 3.63) is 28.2 Å². The van der Waals surface area contributed by atoms with Crippen molar-refractivity contribution in [2.45, 2.75) is 45.7 Å². The number of nitrogens with one attached hydrogen (secondary N) is 1. The molecule has 1 fully saturated rings. The molecule has 0 amide bonds. The molecular weight excluding hydrogens is 338 g/mol. The van der Waals surface area contributed by atoms with Crippen LogP contribution in [0.4, 0.5) is 14.5 Å². The Balaban J connectivity index is 2.45. The van der Waals surface area contributed by atoms with Crippen molar-refractivity contribution < 1.29 is 8.78 Å². The zero-order chi connectivity index (χ0) is 15.8. The summed E-state index contributed by atoms with van der Waals surface area (Å²) in [4.78, 5) is 2.09. The Kier molecular flexibility index (Phi) is 4.93. The minimum atomic E-state index is -0.558. The van der Waals surface area contributed by atoms with E-state index in [1.54, 1.807) is 0 Å². The Bertz CT molecular complexity index is 498. The minimum Gasteiger partial charge on any atom is -0.362 e. The summed E-state index contributed by atoms with van der Waals surface area (Å²) in [6, 6.07) is 2.48. The average Bonchev–Trinajstić information content (AvgIpc) is 2.37. The smallest absolute Gasteiger partial charge is 0.150 e. The highest BCUT2D eigenvalue weighted by Crippen LogP contribution is 2.36. The lowest BCUT2D eigenvalue weighted by Gasteiger charge is -2.49. The predicted molar refractivity (Wildman–Crippen MR) is 86.7 cm³/mol. The van der Waals surface area contributed by atoms with E-state index in [-0.39, 0.29) is 11.6 Å². The number of rotatable bonds is 3. The molecule has 0 spiro atoms. The number of hydrogen-bond acceptors (Lipinski definition) is 2. The third kappa shape index (κ3) is 3.39. The fourth-order valence-corrected chi connectivity index (χ4v) is 3.53. The number of piperazine rings is 1. The van der Waals surface area contributed by atoms with E-state index < -0.39 is 11.6 Å². The second-order valence-electron chi connectivity index (χ2n) is 6.45. The summed E-state index contributed by atoms with van der Waals surface area (Å²) in [5.74, 6) is -0.694. The highest BCUT2D eigenvalue weighted by atomic mass is 79.9. The number of nitrogens with zero attached hydrogens (tertiary/aromatic N) is 1. The maximum atomic E-state index is 14.4. The van der Waals surface area contributed by atoms with E-state index in [0.29, 0.717) is 22.6 Å². The van der Waals surface area contributed by atoms with E-state index in [1.165, 1.54) is 6.07 Å². The first-order chi connectivity index (χ1) is 9.77. The Morgan fingerprint density at radius 2 is 2.10 bits per heavy atom. The standard InChI is InChI=1S/C16H23BrF2N2/c1-5-16(4)9-21(14(8-20-16)10(2)3)15-12(17)6-11(18)7-13(15)19/h6-7,10,14,20H,5,8-9H2,1-4H3. The monoisotopic (exact) mass is 360 g/mol. The molecule has 118 valence electrons. The molecule has 5 heteroatoms. The van der Waals surface area contributed by atoms with Crippen LogP contribution in [0.3, 0.4) is 0 Å². The average molecular weight is 361 g/mol. The topological polar surface area (TPSA) is 15.3 Å². The van der Waals surface area contributed by atoms with Crippen LogP contribution in [0.25, 0.3) is 0 Å². The van der Waals surface area contributed by atoms with Gasteiger partial charge in [0.15, 0.2) is 5.82 Å². The first kappa shape index (κ1) is 16.7. The van der Waals surface area contributed by atoms with Crippen LogP contribution in [0.15, 0.2) is 16.6 Å². The van der Waals surface area contributed by atoms with Gasteiger partial charge in [-0.1, -0.05) is 20.8 Å². The van der Waals surface area contributed by atoms with Gasteiger partial charge in [-0.05, 0) is 41.3 Å². The quantitative estimate of drug-likeness (QED) is 0.862. The lowest BCUT2D eigenvalue weighted by Crippen LogP contribution is -2.64. The summed E-state index contributed by atoms with van der Waals surface area (Å²) < 4.78 is 28.2. The van der Waals surface area contributed by atoms with E-state index in [0.717, 1.165) is 19.0 Å². The second-order valence-corrected chi connectivity index (χ2v) is 7.31. The van der Waals surface area contributed by atoms with Crippen molar-refractivity contribution in [1.82, 2.24) is 5.32 Å². The highest BCUT2D eigenvalue weighted by molar-refractivity contribution is 9.10. The maximum Gasteiger partial charge on any atom is 0.150 e. The van der Waals surface area contributed by atoms with Crippen LogP contribution in [0, 0.1) is 17.6 Å². The van der Waals surface area contributed by atoms with E-state index >= 15 is 0 Å². The number of benzene rings is 1. The molecule has 1 aromatic carbocycles. The van der Waals surface area contributed by atoms with E-state index in [4.69, 9.17) is 0 Å². The van der Waals surface area contributed by atoms with Gasteiger partial charge in [-0.15, -0.1) is 0 Å². The summed E-state index contributed by atoms with van der Waals surface area (Å²) in [5.41, 5.74) is 0.405. The summed E-state index contributed by atoms with van der Waals surface area (Å²) in [7, 11) is 0. The lowest BCUT2D eigenvalue weighted by atomic mass is 9.89. The molecule has 0 saturated carbocycles. The summed E-state index contributed by atoms with van der Waals surface area (Å²) >= 11 is 3.33. The van der Waals surface area contributed by atoms with Crippen molar-refractivity contribution in [2.75, 3.05) is 18.0 Å². The molecule has 0 aliphatic carbocycles. The van der Waals surface area contributed by atoms with Gasteiger partial charge in [0.05, 0.1) is 5.69 Å². The number of anilines is 1. The van der Waals surface area contributed by atoms with Crippen molar-refractivity contribution in [3.63, 3.8) is 0 Å². The predicted octanol–water partition coefficient (Wildman–Crippen LogP) is 4.33. The van der Waals surface area contributed by atoms with Crippen LogP contribution in [-0.2, 0) is 0 Å². The number of halogens is 3. The molecule has 2 nitrogen and oxygen atoms in total. The SMILES string of the molecule is CCC1(C)CN(c2c(F)cc(F)cc2Br)C(C(C)C)CN1. The Labute approximate surface area is 134 Å². The van der Waals surface area contributed by atoms with Crippen LogP contribution in [0.5, 0.6) is 0 Å². The van der Waals surface area contributed by atoms with Crippen molar-refractivity contribution >= 4 is 21.6 Å². The first-order valence-corrected chi connectivity index (χ1v) is 8.23. The van der Waals surface area contributed by atoms with Crippen molar-refractivity contribution in [1.29, 1.82) is 0 Å². The molecule has 1 N–H and O–H groups in total. The van der Waals surface area contributed by atoms with Gasteiger partial charge in [0.2, 0.25) is 0 Å². The third-order valence-corrected chi connectivity index (χ3v) is 5.08. The molecule has 0 radical (unpaired) electrons. The maximum absolute atomic E-state index is 14.4. The molecule has 1 heterocycles. The first-order valence-electron chi connectivity index (χ1n) is 7.43. The van der Waals surface area contributed by atoms with E-state index in [2.05, 4.69) is 53.8 Å². The molecular formula is C16H23BrF2N2. The van der Waals surface area contributed by atoms with E-state index in [1.807, 2.05) is 0 Å². The summed E-state index contributed by atoms with van der Waals surface area (Å²) in [5, 5.41) is 3.57. The van der Waals surface area contributed by atoms with Gasteiger partial charge in [0, 0.05) is 35.2 Å². The van der Waals surface area contributed by atoms with Gasteiger partial charge in [-0.2, -0.15) is 0 Å². The molecule has 2 atom stereocenters. The largest absolute Gasteiger partial charge is 0.362 e. The van der Waals surface area contributed by atoms with Gasteiger partial charge >= 0.3 is 0 Å². The highest BCUT2D eigenvalue weighted by Gasteiger charge is 2.37. The minimum absolute atomic E-state index is 0.0638. The van der Waals surface area contributed by atoms with Gasteiger partial charge in [-0.25, -0.2) is 8.78 Å². The normalized spacial score (nSPS) is 26.5. The summed E-state index contributed by atoms with van der Waals surface area (Å²) in [6.45, 7) is 10.0. The summed E-state index contributed by atoms with van der Waals surface area (Å²) in [6.07, 6.45) is 0.953. The molecule has 1 saturated heterocycles. The Morgan fingerprint density at radius 3 is 2.62 bits per heavy atom. The van der Waals surface area contributed by atoms with Crippen LogP contribution in [-0.4, -0.2) is 24.7 Å². The van der Waals surface area contributed by atoms with Crippen molar-refractivity contribution in [2.24, 2.45) is 5.92 Å². The molecule has 0 aromatic heterocycles. The van der Waals surface area contributed by atoms with Crippen LogP contribution < -0.4 is 10.2 Å². The Hall–Kier alpha value is -0.680. The third-order valence-electron chi connectivity index (χ3n) is 4.48. The molecule has 1 aliphatic rings. The second kappa shape index (κ2) is 6.21. The fourth-order valence-electron chi connectivity index (χ4n) is 2.90. The zero-order valence-electron chi connectivity index (χ0n) is 13.0. The molecule has 0 bridgehead atoms. The van der Waals surface area contributed by atoms with Crippen molar-refractivity contribution in [3.8, 4) is 0 Å². The molecule has 1 aliphatic heterocycles. The van der Waals surface area contributed by atoms with Crippen LogP contribution in [0.1, 0.15) is 34.1 Å². The van der Waals surface area contributed by atoms with Crippen LogP contribution in [0.2, 0.25) is 0 Å². The van der Waals surface area contributed by atoms with Crippen LogP contribution >= 0.6 is 15.9 Å². The molecule has 2 rings (SSSR count). The Morgan fingerprint density at radius 1 is 1.43 bits per heavy atom. The molecule has 21 heavy (non-hydrogen) atoms. The van der Waals surface area contributed by atoms with Gasteiger partial charge < -0.3 is 10.2 Å². The van der Waals surface area contributed by atoms with Gasteiger partial charge in [0.1, 0.15) is 5.82 Å². The molecule has 1 aromatic rings. The van der Waals surface area contributed by atoms with E-state index in [9.17, 15) is 8.78 Å². The molecule has 2 unspecified atom stereocenters. The fraction of sp³-hybridized carbons (Fsp3) is 0.625. The lowest BCUT2D eigenvalue weighted by molar-refractivity contribution is 0.251. The zero-order valence-corrected chi connectivity index (χ0v) is 14.6. The number of hydrogen-bond donors (Lipinski definition) is 1. The van der Waals surface area contributed by atoms with Gasteiger partial charge in [-0.3, -0.25) is 0 Å².